The molecule has 2 aromatic rings. The Morgan fingerprint density at radius 2 is 1.92 bits per heavy atom. The Balaban J connectivity index is 1.78. The molecule has 2 aromatic carbocycles. The quantitative estimate of drug-likeness (QED) is 0.384. The molecule has 0 saturated carbocycles. The van der Waals surface area contributed by atoms with Crippen LogP contribution in [0, 0.1) is 0 Å². The molecule has 0 aromatic heterocycles. The average molecular weight is 395 g/mol. The molecule has 0 radical (unpaired) electrons. The number of carbonyl (C=O) groups excluding carboxylic acids is 1. The Bertz CT molecular complexity index is 777. The van der Waals surface area contributed by atoms with Gasteiger partial charge in [0.25, 0.3) is 0 Å². The van der Waals surface area contributed by atoms with Crippen LogP contribution in [0.4, 0.5) is 0 Å². The molecule has 0 fully saturated rings. The lowest BCUT2D eigenvalue weighted by Gasteiger charge is -2.08. The van der Waals surface area contributed by atoms with Gasteiger partial charge < -0.3 is 9.84 Å². The second kappa shape index (κ2) is 10.0. The molecule has 0 heterocycles. The largest absolute Gasteiger partial charge is 0.508 e. The maximum atomic E-state index is 11.9. The molecule has 0 spiro atoms. The summed E-state index contributed by atoms with van der Waals surface area (Å²) in [4.78, 5) is 11.9. The molecule has 0 unspecified atom stereocenters. The van der Waals surface area contributed by atoms with E-state index in [0.717, 1.165) is 11.3 Å². The van der Waals surface area contributed by atoms with E-state index in [0.29, 0.717) is 35.2 Å². The molecular weight excluding hydrogens is 375 g/mol. The van der Waals surface area contributed by atoms with Crippen LogP contribution in [0.1, 0.15) is 31.7 Å². The Kier molecular flexibility index (Phi) is 7.75. The third-order valence-corrected chi connectivity index (χ3v) is 4.08. The number of hydrazone groups is 1. The van der Waals surface area contributed by atoms with Crippen molar-refractivity contribution in [2.24, 2.45) is 5.10 Å². The van der Waals surface area contributed by atoms with Crippen LogP contribution in [0.2, 0.25) is 10.0 Å². The van der Waals surface area contributed by atoms with Crippen molar-refractivity contribution in [1.82, 2.24) is 5.43 Å². The minimum Gasteiger partial charge on any atom is -0.508 e. The highest BCUT2D eigenvalue weighted by Gasteiger charge is 2.06. The van der Waals surface area contributed by atoms with Gasteiger partial charge in [0.05, 0.1) is 17.3 Å². The van der Waals surface area contributed by atoms with Crippen molar-refractivity contribution in [3.05, 3.63) is 58.1 Å². The zero-order valence-corrected chi connectivity index (χ0v) is 15.8. The zero-order chi connectivity index (χ0) is 18.9. The van der Waals surface area contributed by atoms with Gasteiger partial charge in [0, 0.05) is 11.4 Å². The van der Waals surface area contributed by atoms with Crippen molar-refractivity contribution >= 4 is 34.8 Å². The fraction of sp³-hybridized carbons (Fsp3) is 0.263. The molecule has 138 valence electrons. The number of amides is 1. The third kappa shape index (κ3) is 6.24. The SMILES string of the molecule is CC/C(=N/NC(=O)CCCOc1ccc(Cl)cc1Cl)c1ccc(O)cc1. The predicted molar refractivity (Wildman–Crippen MR) is 104 cm³/mol. The number of ether oxygens (including phenoxy) is 1. The molecule has 7 heteroatoms. The lowest BCUT2D eigenvalue weighted by Crippen LogP contribution is -2.20. The van der Waals surface area contributed by atoms with Crippen LogP contribution in [0.15, 0.2) is 47.6 Å². The number of halogens is 2. The summed E-state index contributed by atoms with van der Waals surface area (Å²) >= 11 is 11.8. The molecule has 1 amide bonds. The second-order valence-corrected chi connectivity index (χ2v) is 6.36. The van der Waals surface area contributed by atoms with Crippen LogP contribution in [0.5, 0.6) is 11.5 Å². The van der Waals surface area contributed by atoms with Crippen molar-refractivity contribution in [2.45, 2.75) is 26.2 Å². The van der Waals surface area contributed by atoms with Crippen LogP contribution in [0.3, 0.4) is 0 Å². The summed E-state index contributed by atoms with van der Waals surface area (Å²) in [5.41, 5.74) is 4.14. The Morgan fingerprint density at radius 3 is 2.58 bits per heavy atom. The van der Waals surface area contributed by atoms with E-state index < -0.39 is 0 Å². The molecular formula is C19H20Cl2N2O3. The highest BCUT2D eigenvalue weighted by atomic mass is 35.5. The second-order valence-electron chi connectivity index (χ2n) is 5.52. The number of phenols is 1. The molecule has 2 rings (SSSR count). The molecule has 0 atom stereocenters. The first-order chi connectivity index (χ1) is 12.5. The minimum atomic E-state index is -0.194. The first-order valence-corrected chi connectivity index (χ1v) is 8.98. The Labute approximate surface area is 162 Å². The Hall–Kier alpha value is -2.24. The van der Waals surface area contributed by atoms with Crippen molar-refractivity contribution in [3.8, 4) is 11.5 Å². The van der Waals surface area contributed by atoms with Crippen LogP contribution in [-0.4, -0.2) is 23.3 Å². The van der Waals surface area contributed by atoms with Crippen LogP contribution >= 0.6 is 23.2 Å². The van der Waals surface area contributed by atoms with E-state index in [4.69, 9.17) is 27.9 Å². The fourth-order valence-corrected chi connectivity index (χ4v) is 2.66. The van der Waals surface area contributed by atoms with Gasteiger partial charge in [-0.15, -0.1) is 0 Å². The van der Waals surface area contributed by atoms with Crippen LogP contribution in [0.25, 0.3) is 0 Å². The fourth-order valence-electron chi connectivity index (χ4n) is 2.19. The smallest absolute Gasteiger partial charge is 0.240 e. The Morgan fingerprint density at radius 1 is 1.19 bits per heavy atom. The van der Waals surface area contributed by atoms with Crippen molar-refractivity contribution in [1.29, 1.82) is 0 Å². The highest BCUT2D eigenvalue weighted by Crippen LogP contribution is 2.27. The van der Waals surface area contributed by atoms with E-state index in [1.165, 1.54) is 0 Å². The number of aromatic hydroxyl groups is 1. The van der Waals surface area contributed by atoms with E-state index in [1.54, 1.807) is 42.5 Å². The van der Waals surface area contributed by atoms with E-state index in [1.807, 2.05) is 6.92 Å². The summed E-state index contributed by atoms with van der Waals surface area (Å²) in [7, 11) is 0. The van der Waals surface area contributed by atoms with Crippen LogP contribution < -0.4 is 10.2 Å². The predicted octanol–water partition coefficient (Wildman–Crippen LogP) is 4.79. The van der Waals surface area contributed by atoms with Gasteiger partial charge in [0.15, 0.2) is 0 Å². The summed E-state index contributed by atoms with van der Waals surface area (Å²) in [6.45, 7) is 2.30. The molecule has 5 nitrogen and oxygen atoms in total. The van der Waals surface area contributed by atoms with Gasteiger partial charge in [-0.2, -0.15) is 5.10 Å². The first-order valence-electron chi connectivity index (χ1n) is 8.22. The van der Waals surface area contributed by atoms with Gasteiger partial charge >= 0.3 is 0 Å². The lowest BCUT2D eigenvalue weighted by atomic mass is 10.1. The van der Waals surface area contributed by atoms with Crippen LogP contribution in [-0.2, 0) is 4.79 Å². The summed E-state index contributed by atoms with van der Waals surface area (Å²) in [6.07, 6.45) is 1.46. The molecule has 26 heavy (non-hydrogen) atoms. The number of hydrogen-bond donors (Lipinski definition) is 2. The lowest BCUT2D eigenvalue weighted by molar-refractivity contribution is -0.121. The number of benzene rings is 2. The normalized spacial score (nSPS) is 11.3. The summed E-state index contributed by atoms with van der Waals surface area (Å²) < 4.78 is 5.54. The molecule has 0 aliphatic heterocycles. The van der Waals surface area contributed by atoms with Crippen molar-refractivity contribution in [2.75, 3.05) is 6.61 Å². The highest BCUT2D eigenvalue weighted by molar-refractivity contribution is 6.35. The van der Waals surface area contributed by atoms with E-state index >= 15 is 0 Å². The van der Waals surface area contributed by atoms with Gasteiger partial charge in [-0.05, 0) is 60.9 Å². The molecule has 0 aliphatic rings. The van der Waals surface area contributed by atoms with E-state index in [9.17, 15) is 9.90 Å². The number of rotatable bonds is 8. The van der Waals surface area contributed by atoms with Crippen molar-refractivity contribution in [3.63, 3.8) is 0 Å². The standard InChI is InChI=1S/C19H20Cl2N2O3/c1-2-17(13-5-8-15(24)9-6-13)22-23-19(25)4-3-11-26-18-10-7-14(20)12-16(18)21/h5-10,12,24H,2-4,11H2,1H3,(H,23,25)/b22-17-. The van der Waals surface area contributed by atoms with Gasteiger partial charge in [0.2, 0.25) is 5.91 Å². The number of carbonyl (C=O) groups is 1. The number of nitrogens with zero attached hydrogens (tertiary/aromatic N) is 1. The first kappa shape index (κ1) is 20.1. The number of nitrogens with one attached hydrogen (secondary N) is 1. The molecule has 2 N–H and O–H groups in total. The average Bonchev–Trinajstić information content (AvgIpc) is 2.62. The molecule has 0 saturated heterocycles. The number of hydrogen-bond acceptors (Lipinski definition) is 4. The monoisotopic (exact) mass is 394 g/mol. The molecule has 0 aliphatic carbocycles. The summed E-state index contributed by atoms with van der Waals surface area (Å²) in [6, 6.07) is 11.7. The van der Waals surface area contributed by atoms with E-state index in [2.05, 4.69) is 10.5 Å². The maximum absolute atomic E-state index is 11.9. The minimum absolute atomic E-state index is 0.189. The van der Waals surface area contributed by atoms with Gasteiger partial charge in [-0.1, -0.05) is 30.1 Å². The maximum Gasteiger partial charge on any atom is 0.240 e. The third-order valence-electron chi connectivity index (χ3n) is 3.55. The zero-order valence-electron chi connectivity index (χ0n) is 14.3. The van der Waals surface area contributed by atoms with Gasteiger partial charge in [-0.25, -0.2) is 5.43 Å². The molecule has 0 bridgehead atoms. The van der Waals surface area contributed by atoms with Gasteiger partial charge in [0.1, 0.15) is 11.5 Å². The van der Waals surface area contributed by atoms with E-state index in [-0.39, 0.29) is 18.1 Å². The summed E-state index contributed by atoms with van der Waals surface area (Å²) in [5, 5.41) is 14.5. The topological polar surface area (TPSA) is 70.9 Å². The number of phenolic OH excluding ortho intramolecular Hbond substituents is 1. The van der Waals surface area contributed by atoms with Gasteiger partial charge in [-0.3, -0.25) is 4.79 Å². The van der Waals surface area contributed by atoms with Crippen molar-refractivity contribution < 1.29 is 14.6 Å². The summed E-state index contributed by atoms with van der Waals surface area (Å²) in [5.74, 6) is 0.532.